The minimum Gasteiger partial charge on any atom is -0.310 e. The van der Waals surface area contributed by atoms with E-state index < -0.39 is 0 Å². The Labute approximate surface area is 100 Å². The Morgan fingerprint density at radius 1 is 1.12 bits per heavy atom. The third-order valence-corrected chi connectivity index (χ3v) is 4.43. The number of benzene rings is 1. The topological polar surface area (TPSA) is 12.0 Å². The average molecular weight is 231 g/mol. The van der Waals surface area contributed by atoms with Crippen LogP contribution in [-0.4, -0.2) is 6.54 Å². The fourth-order valence-electron chi connectivity index (χ4n) is 2.56. The molecule has 1 N–H and O–H groups in total. The van der Waals surface area contributed by atoms with E-state index in [9.17, 15) is 0 Å². The van der Waals surface area contributed by atoms with Gasteiger partial charge in [0.2, 0.25) is 0 Å². The fraction of sp³-hybridized carbons (Fsp3) is 0.429. The molecule has 84 valence electrons. The number of fused-ring (bicyclic) bond motifs is 1. The van der Waals surface area contributed by atoms with Crippen LogP contribution in [0.5, 0.6) is 0 Å². The predicted octanol–water partition coefficient (Wildman–Crippen LogP) is 4.11. The van der Waals surface area contributed by atoms with E-state index in [0.29, 0.717) is 6.04 Å². The molecule has 1 aliphatic heterocycles. The minimum atomic E-state index is 0.582. The molecular weight excluding hydrogens is 214 g/mol. The summed E-state index contributed by atoms with van der Waals surface area (Å²) < 4.78 is 1.42. The first kappa shape index (κ1) is 10.3. The van der Waals surface area contributed by atoms with E-state index >= 15 is 0 Å². The lowest BCUT2D eigenvalue weighted by Gasteiger charge is -2.15. The number of thiophene rings is 1. The van der Waals surface area contributed by atoms with Gasteiger partial charge in [0.05, 0.1) is 0 Å². The van der Waals surface area contributed by atoms with Crippen molar-refractivity contribution in [1.82, 2.24) is 5.32 Å². The van der Waals surface area contributed by atoms with Gasteiger partial charge in [0, 0.05) is 10.7 Å². The molecule has 0 amide bonds. The van der Waals surface area contributed by atoms with Crippen LogP contribution in [0.2, 0.25) is 0 Å². The van der Waals surface area contributed by atoms with Crippen LogP contribution in [0.25, 0.3) is 10.1 Å². The summed E-state index contributed by atoms with van der Waals surface area (Å²) in [6, 6.07) is 9.34. The molecule has 0 saturated carbocycles. The summed E-state index contributed by atoms with van der Waals surface area (Å²) in [5.41, 5.74) is 1.52. The lowest BCUT2D eigenvalue weighted by Crippen LogP contribution is -2.19. The first-order chi connectivity index (χ1) is 7.95. The maximum absolute atomic E-state index is 3.68. The van der Waals surface area contributed by atoms with Gasteiger partial charge in [-0.25, -0.2) is 0 Å². The van der Waals surface area contributed by atoms with Crippen molar-refractivity contribution in [2.24, 2.45) is 0 Å². The van der Waals surface area contributed by atoms with Crippen molar-refractivity contribution in [1.29, 1.82) is 0 Å². The average Bonchev–Trinajstić information content (AvgIpc) is 2.57. The molecule has 1 atom stereocenters. The van der Waals surface area contributed by atoms with Crippen molar-refractivity contribution in [2.45, 2.75) is 31.7 Å². The van der Waals surface area contributed by atoms with Crippen LogP contribution in [0.4, 0.5) is 0 Å². The number of hydrogen-bond donors (Lipinski definition) is 1. The zero-order valence-corrected chi connectivity index (χ0v) is 10.2. The van der Waals surface area contributed by atoms with Crippen molar-refractivity contribution in [3.8, 4) is 0 Å². The quantitative estimate of drug-likeness (QED) is 0.779. The second-order valence-electron chi connectivity index (χ2n) is 4.54. The maximum Gasteiger partial charge on any atom is 0.0346 e. The SMILES string of the molecule is c1ccc2c(C3CCCCCN3)csc2c1. The Kier molecular flexibility index (Phi) is 2.94. The highest BCUT2D eigenvalue weighted by atomic mass is 32.1. The lowest BCUT2D eigenvalue weighted by atomic mass is 10.0. The van der Waals surface area contributed by atoms with E-state index in [0.717, 1.165) is 0 Å². The molecule has 1 aromatic heterocycles. The zero-order valence-electron chi connectivity index (χ0n) is 9.41. The highest BCUT2D eigenvalue weighted by Crippen LogP contribution is 2.33. The van der Waals surface area contributed by atoms with Gasteiger partial charge in [0.1, 0.15) is 0 Å². The minimum absolute atomic E-state index is 0.582. The number of nitrogens with one attached hydrogen (secondary N) is 1. The molecule has 0 radical (unpaired) electrons. The molecule has 1 aliphatic rings. The third-order valence-electron chi connectivity index (χ3n) is 3.45. The van der Waals surface area contributed by atoms with Gasteiger partial charge in [-0.3, -0.25) is 0 Å². The molecule has 0 aliphatic carbocycles. The van der Waals surface area contributed by atoms with E-state index in [1.807, 2.05) is 11.3 Å². The lowest BCUT2D eigenvalue weighted by molar-refractivity contribution is 0.539. The van der Waals surface area contributed by atoms with Gasteiger partial charge in [-0.05, 0) is 41.8 Å². The summed E-state index contributed by atoms with van der Waals surface area (Å²) in [7, 11) is 0. The normalized spacial score (nSPS) is 22.1. The van der Waals surface area contributed by atoms with Crippen LogP contribution in [0.3, 0.4) is 0 Å². The van der Waals surface area contributed by atoms with E-state index in [4.69, 9.17) is 0 Å². The molecule has 0 spiro atoms. The van der Waals surface area contributed by atoms with Gasteiger partial charge in [-0.15, -0.1) is 11.3 Å². The van der Waals surface area contributed by atoms with Crippen molar-refractivity contribution in [3.05, 3.63) is 35.2 Å². The highest BCUT2D eigenvalue weighted by molar-refractivity contribution is 7.17. The molecule has 1 unspecified atom stereocenters. The molecule has 1 fully saturated rings. The van der Waals surface area contributed by atoms with Crippen molar-refractivity contribution in [2.75, 3.05) is 6.54 Å². The molecule has 3 rings (SSSR count). The molecular formula is C14H17NS. The van der Waals surface area contributed by atoms with Crippen molar-refractivity contribution < 1.29 is 0 Å². The van der Waals surface area contributed by atoms with E-state index in [1.165, 1.54) is 47.9 Å². The first-order valence-electron chi connectivity index (χ1n) is 6.15. The van der Waals surface area contributed by atoms with Crippen molar-refractivity contribution >= 4 is 21.4 Å². The zero-order chi connectivity index (χ0) is 10.8. The van der Waals surface area contributed by atoms with Crippen LogP contribution >= 0.6 is 11.3 Å². The highest BCUT2D eigenvalue weighted by Gasteiger charge is 2.16. The molecule has 1 saturated heterocycles. The van der Waals surface area contributed by atoms with E-state index in [-0.39, 0.29) is 0 Å². The van der Waals surface area contributed by atoms with Crippen LogP contribution < -0.4 is 5.32 Å². The third kappa shape index (κ3) is 1.87. The maximum atomic E-state index is 3.68. The van der Waals surface area contributed by atoms with Crippen LogP contribution in [0, 0.1) is 0 Å². The predicted molar refractivity (Wildman–Crippen MR) is 71.0 cm³/mol. The monoisotopic (exact) mass is 231 g/mol. The van der Waals surface area contributed by atoms with Gasteiger partial charge in [-0.1, -0.05) is 31.0 Å². The summed E-state index contributed by atoms with van der Waals surface area (Å²) in [6.07, 6.45) is 5.37. The van der Waals surface area contributed by atoms with Gasteiger partial charge in [0.25, 0.3) is 0 Å². The van der Waals surface area contributed by atoms with Gasteiger partial charge in [0.15, 0.2) is 0 Å². The Hall–Kier alpha value is -0.860. The smallest absolute Gasteiger partial charge is 0.0346 e. The second kappa shape index (κ2) is 4.56. The largest absolute Gasteiger partial charge is 0.310 e. The van der Waals surface area contributed by atoms with Gasteiger partial charge in [-0.2, -0.15) is 0 Å². The molecule has 2 aromatic rings. The van der Waals surface area contributed by atoms with E-state index in [2.05, 4.69) is 35.0 Å². The number of hydrogen-bond acceptors (Lipinski definition) is 2. The van der Waals surface area contributed by atoms with Crippen LogP contribution in [-0.2, 0) is 0 Å². The van der Waals surface area contributed by atoms with Gasteiger partial charge < -0.3 is 5.32 Å². The molecule has 0 bridgehead atoms. The van der Waals surface area contributed by atoms with Crippen molar-refractivity contribution in [3.63, 3.8) is 0 Å². The summed E-state index contributed by atoms with van der Waals surface area (Å²) in [6.45, 7) is 1.18. The molecule has 2 heteroatoms. The molecule has 1 nitrogen and oxygen atoms in total. The molecule has 1 aromatic carbocycles. The Bertz CT molecular complexity index is 466. The number of rotatable bonds is 1. The van der Waals surface area contributed by atoms with Gasteiger partial charge >= 0.3 is 0 Å². The van der Waals surface area contributed by atoms with Crippen LogP contribution in [0.1, 0.15) is 37.3 Å². The Morgan fingerprint density at radius 2 is 2.06 bits per heavy atom. The Morgan fingerprint density at radius 3 is 3.06 bits per heavy atom. The summed E-state index contributed by atoms with van der Waals surface area (Å²) in [5, 5.41) is 7.47. The molecule has 2 heterocycles. The molecule has 16 heavy (non-hydrogen) atoms. The second-order valence-corrected chi connectivity index (χ2v) is 5.45. The standard InChI is InChI=1S/C14H17NS/c1-2-7-13(15-9-5-1)12-10-16-14-8-4-3-6-11(12)14/h3-4,6,8,10,13,15H,1-2,5,7,9H2. The fourth-order valence-corrected chi connectivity index (χ4v) is 3.58. The summed E-state index contributed by atoms with van der Waals surface area (Å²) >= 11 is 1.87. The van der Waals surface area contributed by atoms with Crippen LogP contribution in [0.15, 0.2) is 29.6 Å². The first-order valence-corrected chi connectivity index (χ1v) is 7.02. The Balaban J connectivity index is 1.97. The van der Waals surface area contributed by atoms with E-state index in [1.54, 1.807) is 0 Å². The summed E-state index contributed by atoms with van der Waals surface area (Å²) in [5.74, 6) is 0. The summed E-state index contributed by atoms with van der Waals surface area (Å²) in [4.78, 5) is 0.